The number of hydrogen-bond donors (Lipinski definition) is 3. The van der Waals surface area contributed by atoms with Gasteiger partial charge in [-0.2, -0.15) is 5.90 Å². The van der Waals surface area contributed by atoms with Crippen LogP contribution in [0.3, 0.4) is 0 Å². The maximum Gasteiger partial charge on any atom is 0.339 e. The molecule has 0 bridgehead atoms. The fourth-order valence-electron chi connectivity index (χ4n) is 1.03. The SMILES string of the molecule is NOc1c(N)cc([N+](=O)[O-])cc1C(=O)O. The Morgan fingerprint density at radius 3 is 2.53 bits per heavy atom. The summed E-state index contributed by atoms with van der Waals surface area (Å²) in [6.07, 6.45) is 0. The molecule has 0 radical (unpaired) electrons. The molecule has 5 N–H and O–H groups in total. The van der Waals surface area contributed by atoms with Gasteiger partial charge in [-0.1, -0.05) is 0 Å². The van der Waals surface area contributed by atoms with Crippen molar-refractivity contribution >= 4 is 17.3 Å². The topological polar surface area (TPSA) is 142 Å². The standard InChI is InChI=1S/C7H7N3O5/c8-5-2-3(10(13)14)1-4(7(11)12)6(5)15-9/h1-2H,8-9H2,(H,11,12). The molecule has 0 unspecified atom stereocenters. The van der Waals surface area contributed by atoms with E-state index in [9.17, 15) is 14.9 Å². The molecule has 0 saturated carbocycles. The number of benzene rings is 1. The number of carbonyl (C=O) groups is 1. The van der Waals surface area contributed by atoms with Crippen molar-refractivity contribution in [2.24, 2.45) is 5.90 Å². The maximum atomic E-state index is 10.7. The quantitative estimate of drug-likeness (QED) is 0.367. The lowest BCUT2D eigenvalue weighted by atomic mass is 10.1. The number of carboxylic acids is 1. The Hall–Kier alpha value is -2.35. The largest absolute Gasteiger partial charge is 0.478 e. The van der Waals surface area contributed by atoms with Crippen LogP contribution < -0.4 is 16.5 Å². The van der Waals surface area contributed by atoms with Crippen LogP contribution in [0.25, 0.3) is 0 Å². The van der Waals surface area contributed by atoms with Crippen molar-refractivity contribution in [3.63, 3.8) is 0 Å². The third-order valence-corrected chi connectivity index (χ3v) is 1.66. The minimum absolute atomic E-state index is 0.205. The summed E-state index contributed by atoms with van der Waals surface area (Å²) in [5.41, 5.74) is 4.24. The van der Waals surface area contributed by atoms with Crippen LogP contribution in [0.2, 0.25) is 0 Å². The Labute approximate surface area is 83.2 Å². The van der Waals surface area contributed by atoms with Gasteiger partial charge in [-0.15, -0.1) is 0 Å². The predicted molar refractivity (Wildman–Crippen MR) is 49.3 cm³/mol. The number of aromatic carboxylic acids is 1. The molecule has 0 spiro atoms. The number of anilines is 1. The van der Waals surface area contributed by atoms with Crippen molar-refractivity contribution in [2.75, 3.05) is 5.73 Å². The lowest BCUT2D eigenvalue weighted by molar-refractivity contribution is -0.384. The number of nitrogens with two attached hydrogens (primary N) is 2. The number of nitrogens with zero attached hydrogens (tertiary/aromatic N) is 1. The van der Waals surface area contributed by atoms with Crippen molar-refractivity contribution in [3.05, 3.63) is 27.8 Å². The van der Waals surface area contributed by atoms with Crippen molar-refractivity contribution in [1.29, 1.82) is 0 Å². The van der Waals surface area contributed by atoms with E-state index in [0.717, 1.165) is 12.1 Å². The van der Waals surface area contributed by atoms with Crippen LogP contribution in [0.15, 0.2) is 12.1 Å². The van der Waals surface area contributed by atoms with Gasteiger partial charge in [-0.3, -0.25) is 10.1 Å². The van der Waals surface area contributed by atoms with E-state index in [0.29, 0.717) is 0 Å². The Kier molecular flexibility index (Phi) is 2.72. The highest BCUT2D eigenvalue weighted by molar-refractivity contribution is 5.94. The molecule has 1 rings (SSSR count). The summed E-state index contributed by atoms with van der Waals surface area (Å²) >= 11 is 0. The van der Waals surface area contributed by atoms with Crippen LogP contribution in [-0.2, 0) is 0 Å². The number of hydrogen-bond acceptors (Lipinski definition) is 6. The van der Waals surface area contributed by atoms with Crippen molar-refractivity contribution < 1.29 is 19.7 Å². The van der Waals surface area contributed by atoms with Gasteiger partial charge >= 0.3 is 5.97 Å². The molecule has 0 atom stereocenters. The second-order valence-corrected chi connectivity index (χ2v) is 2.59. The monoisotopic (exact) mass is 213 g/mol. The molecule has 0 amide bonds. The molecule has 1 aromatic rings. The summed E-state index contributed by atoms with van der Waals surface area (Å²) in [6.45, 7) is 0. The molecule has 15 heavy (non-hydrogen) atoms. The highest BCUT2D eigenvalue weighted by Crippen LogP contribution is 2.30. The zero-order chi connectivity index (χ0) is 11.6. The predicted octanol–water partition coefficient (Wildman–Crippen LogP) is 0.128. The van der Waals surface area contributed by atoms with Crippen LogP contribution in [-0.4, -0.2) is 16.0 Å². The van der Waals surface area contributed by atoms with Crippen LogP contribution >= 0.6 is 0 Å². The van der Waals surface area contributed by atoms with Crippen molar-refractivity contribution in [1.82, 2.24) is 0 Å². The Morgan fingerprint density at radius 1 is 1.53 bits per heavy atom. The van der Waals surface area contributed by atoms with Gasteiger partial charge in [-0.25, -0.2) is 4.79 Å². The first-order valence-electron chi connectivity index (χ1n) is 3.65. The van der Waals surface area contributed by atoms with Gasteiger partial charge in [-0.05, 0) is 0 Å². The fourth-order valence-corrected chi connectivity index (χ4v) is 1.03. The summed E-state index contributed by atoms with van der Waals surface area (Å²) in [7, 11) is 0. The van der Waals surface area contributed by atoms with Gasteiger partial charge in [0.15, 0.2) is 5.75 Å². The highest BCUT2D eigenvalue weighted by atomic mass is 16.6. The first-order valence-corrected chi connectivity index (χ1v) is 3.65. The van der Waals surface area contributed by atoms with Crippen LogP contribution in [0.4, 0.5) is 11.4 Å². The van der Waals surface area contributed by atoms with E-state index in [1.807, 2.05) is 0 Å². The number of carboxylic acid groups (broad SMARTS) is 1. The number of nitrogen functional groups attached to an aromatic ring is 1. The first-order chi connectivity index (χ1) is 6.97. The number of nitro groups is 1. The van der Waals surface area contributed by atoms with E-state index in [-0.39, 0.29) is 11.4 Å². The van der Waals surface area contributed by atoms with E-state index in [1.165, 1.54) is 0 Å². The smallest absolute Gasteiger partial charge is 0.339 e. The van der Waals surface area contributed by atoms with Crippen LogP contribution in [0.1, 0.15) is 10.4 Å². The molecule has 0 aliphatic carbocycles. The molecule has 1 aromatic carbocycles. The van der Waals surface area contributed by atoms with Gasteiger partial charge in [0.1, 0.15) is 5.56 Å². The Balaban J connectivity index is 3.45. The van der Waals surface area contributed by atoms with E-state index >= 15 is 0 Å². The van der Waals surface area contributed by atoms with Gasteiger partial charge < -0.3 is 15.7 Å². The lowest BCUT2D eigenvalue weighted by Crippen LogP contribution is -2.11. The van der Waals surface area contributed by atoms with Crippen molar-refractivity contribution in [3.8, 4) is 5.75 Å². The molecule has 0 heterocycles. The van der Waals surface area contributed by atoms with Crippen molar-refractivity contribution in [2.45, 2.75) is 0 Å². The second-order valence-electron chi connectivity index (χ2n) is 2.59. The number of nitro benzene ring substituents is 1. The van der Waals surface area contributed by atoms with Crippen LogP contribution in [0, 0.1) is 10.1 Å². The highest BCUT2D eigenvalue weighted by Gasteiger charge is 2.20. The molecular weight excluding hydrogens is 206 g/mol. The van der Waals surface area contributed by atoms with Gasteiger partial charge in [0.05, 0.1) is 10.6 Å². The summed E-state index contributed by atoms with van der Waals surface area (Å²) < 4.78 is 0. The van der Waals surface area contributed by atoms with Gasteiger partial charge in [0, 0.05) is 12.1 Å². The van der Waals surface area contributed by atoms with E-state index in [1.54, 1.807) is 0 Å². The summed E-state index contributed by atoms with van der Waals surface area (Å²) in [5.74, 6) is 3.09. The Morgan fingerprint density at radius 2 is 2.13 bits per heavy atom. The van der Waals surface area contributed by atoms with E-state index in [4.69, 9.17) is 16.7 Å². The molecular formula is C7H7N3O5. The van der Waals surface area contributed by atoms with Gasteiger partial charge in [0.25, 0.3) is 5.69 Å². The number of non-ortho nitro benzene ring substituents is 1. The maximum absolute atomic E-state index is 10.7. The normalized spacial score (nSPS) is 9.67. The molecule has 0 aromatic heterocycles. The second kappa shape index (κ2) is 3.80. The zero-order valence-electron chi connectivity index (χ0n) is 7.34. The lowest BCUT2D eigenvalue weighted by Gasteiger charge is -2.06. The average molecular weight is 213 g/mol. The minimum Gasteiger partial charge on any atom is -0.478 e. The van der Waals surface area contributed by atoms with Crippen LogP contribution in [0.5, 0.6) is 5.75 Å². The third kappa shape index (κ3) is 1.94. The van der Waals surface area contributed by atoms with E-state index < -0.39 is 22.1 Å². The number of rotatable bonds is 3. The molecule has 80 valence electrons. The first kappa shape index (κ1) is 10.7. The third-order valence-electron chi connectivity index (χ3n) is 1.66. The minimum atomic E-state index is -1.41. The van der Waals surface area contributed by atoms with Gasteiger partial charge in [0.2, 0.25) is 0 Å². The molecule has 8 heteroatoms. The Bertz CT molecular complexity index is 431. The summed E-state index contributed by atoms with van der Waals surface area (Å²) in [4.78, 5) is 24.6. The molecule has 0 fully saturated rings. The molecule has 8 nitrogen and oxygen atoms in total. The summed E-state index contributed by atoms with van der Waals surface area (Å²) in [6, 6.07) is 1.79. The molecule has 0 saturated heterocycles. The zero-order valence-corrected chi connectivity index (χ0v) is 7.34. The molecule has 0 aliphatic rings. The molecule has 0 aliphatic heterocycles. The fraction of sp³-hybridized carbons (Fsp3) is 0. The average Bonchev–Trinajstić information content (AvgIpc) is 2.16. The summed E-state index contributed by atoms with van der Waals surface area (Å²) in [5, 5.41) is 19.1. The van der Waals surface area contributed by atoms with E-state index in [2.05, 4.69) is 4.84 Å².